The van der Waals surface area contributed by atoms with Gasteiger partial charge >= 0.3 is 0 Å². The Bertz CT molecular complexity index is 935. The van der Waals surface area contributed by atoms with Crippen LogP contribution in [-0.2, 0) is 19.9 Å². The summed E-state index contributed by atoms with van der Waals surface area (Å²) in [5.41, 5.74) is 0.958. The van der Waals surface area contributed by atoms with E-state index in [9.17, 15) is 16.8 Å². The third kappa shape index (κ3) is 5.27. The Hall–Kier alpha value is -1.46. The molecular weight excluding hydrogens is 396 g/mol. The molecule has 0 amide bonds. The van der Waals surface area contributed by atoms with Crippen molar-refractivity contribution in [2.24, 2.45) is 5.14 Å². The van der Waals surface area contributed by atoms with Gasteiger partial charge in [-0.1, -0.05) is 19.1 Å². The molecule has 1 unspecified atom stereocenters. The number of sulfone groups is 1. The molecule has 0 aliphatic rings. The topological polar surface area (TPSA) is 116 Å². The van der Waals surface area contributed by atoms with E-state index in [0.29, 0.717) is 24.3 Å². The third-order valence-corrected chi connectivity index (χ3v) is 8.64. The van der Waals surface area contributed by atoms with Gasteiger partial charge in [-0.3, -0.25) is 0 Å². The van der Waals surface area contributed by atoms with E-state index in [1.807, 2.05) is 31.2 Å². The average molecular weight is 419 g/mol. The molecule has 2 aromatic rings. The molecule has 0 aliphatic heterocycles. The van der Waals surface area contributed by atoms with Crippen molar-refractivity contribution >= 4 is 31.2 Å². The van der Waals surface area contributed by atoms with Gasteiger partial charge < -0.3 is 10.1 Å². The van der Waals surface area contributed by atoms with E-state index >= 15 is 0 Å². The monoisotopic (exact) mass is 418 g/mol. The largest absolute Gasteiger partial charge is 0.497 e. The summed E-state index contributed by atoms with van der Waals surface area (Å²) in [5, 5.41) is 8.31. The lowest BCUT2D eigenvalue weighted by Crippen LogP contribution is -2.23. The molecule has 0 bridgehead atoms. The van der Waals surface area contributed by atoms with E-state index in [-0.39, 0.29) is 20.2 Å². The Morgan fingerprint density at radius 2 is 1.69 bits per heavy atom. The zero-order chi connectivity index (χ0) is 19.4. The number of thiophene rings is 1. The molecule has 1 atom stereocenters. The number of hydrogen-bond acceptors (Lipinski definition) is 7. The Balaban J connectivity index is 2.15. The molecule has 0 spiro atoms. The molecule has 2 rings (SSSR count). The van der Waals surface area contributed by atoms with Crippen molar-refractivity contribution in [2.45, 2.75) is 27.8 Å². The molecule has 0 radical (unpaired) electrons. The van der Waals surface area contributed by atoms with Gasteiger partial charge in [-0.2, -0.15) is 0 Å². The van der Waals surface area contributed by atoms with Crippen molar-refractivity contribution in [3.63, 3.8) is 0 Å². The predicted molar refractivity (Wildman–Crippen MR) is 102 cm³/mol. The molecule has 7 nitrogen and oxygen atoms in total. The first-order valence-corrected chi connectivity index (χ1v) is 11.9. The fraction of sp³-hybridized carbons (Fsp3) is 0.375. The van der Waals surface area contributed by atoms with Crippen molar-refractivity contribution < 1.29 is 21.6 Å². The fourth-order valence-corrected chi connectivity index (χ4v) is 6.14. The number of hydrogen-bond donors (Lipinski definition) is 2. The molecular formula is C16H22N2O5S3. The summed E-state index contributed by atoms with van der Waals surface area (Å²) in [4.78, 5) is 0. The number of nitrogens with one attached hydrogen (secondary N) is 1. The van der Waals surface area contributed by atoms with E-state index in [0.717, 1.165) is 11.3 Å². The Kier molecular flexibility index (Phi) is 6.80. The number of nitrogens with two attached hydrogens (primary N) is 1. The molecule has 3 N–H and O–H groups in total. The molecule has 1 aromatic carbocycles. The minimum atomic E-state index is -3.90. The minimum absolute atomic E-state index is 0.00602. The van der Waals surface area contributed by atoms with Gasteiger partial charge in [0.1, 0.15) is 14.2 Å². The third-order valence-electron chi connectivity index (χ3n) is 3.79. The van der Waals surface area contributed by atoms with Crippen molar-refractivity contribution in [3.8, 4) is 5.75 Å². The lowest BCUT2D eigenvalue weighted by Gasteiger charge is -2.18. The van der Waals surface area contributed by atoms with Crippen molar-refractivity contribution in [3.05, 3.63) is 42.0 Å². The van der Waals surface area contributed by atoms with Gasteiger partial charge in [0.15, 0.2) is 9.84 Å². The predicted octanol–water partition coefficient (Wildman–Crippen LogP) is 1.92. The van der Waals surface area contributed by atoms with Gasteiger partial charge in [-0.05, 0) is 42.8 Å². The fourth-order valence-electron chi connectivity index (χ4n) is 2.47. The normalized spacial score (nSPS) is 13.5. The molecule has 0 fully saturated rings. The zero-order valence-electron chi connectivity index (χ0n) is 14.5. The average Bonchev–Trinajstić information content (AvgIpc) is 3.10. The number of ether oxygens (including phenoxy) is 1. The van der Waals surface area contributed by atoms with Crippen LogP contribution in [-0.4, -0.2) is 36.2 Å². The quantitative estimate of drug-likeness (QED) is 0.643. The zero-order valence-corrected chi connectivity index (χ0v) is 17.0. The molecule has 0 aliphatic carbocycles. The molecule has 10 heteroatoms. The summed E-state index contributed by atoms with van der Waals surface area (Å²) in [6.07, 6.45) is 0.352. The maximum Gasteiger partial charge on any atom is 0.247 e. The van der Waals surface area contributed by atoms with Crippen LogP contribution in [0.3, 0.4) is 0 Å². The maximum atomic E-state index is 12.5. The molecule has 0 saturated heterocycles. The van der Waals surface area contributed by atoms with E-state index in [1.54, 1.807) is 7.11 Å². The van der Waals surface area contributed by atoms with E-state index < -0.39 is 19.9 Å². The molecule has 1 aromatic heterocycles. The van der Waals surface area contributed by atoms with E-state index in [1.165, 1.54) is 12.1 Å². The summed E-state index contributed by atoms with van der Waals surface area (Å²) in [7, 11) is -5.92. The Morgan fingerprint density at radius 1 is 1.08 bits per heavy atom. The Labute approximate surface area is 158 Å². The summed E-state index contributed by atoms with van der Waals surface area (Å²) in [6, 6.07) is 9.80. The molecule has 26 heavy (non-hydrogen) atoms. The number of methoxy groups -OCH3 is 1. The molecule has 144 valence electrons. The van der Waals surface area contributed by atoms with Gasteiger partial charge in [0, 0.05) is 6.04 Å². The van der Waals surface area contributed by atoms with Gasteiger partial charge in [0.2, 0.25) is 10.0 Å². The van der Waals surface area contributed by atoms with Crippen LogP contribution in [0.1, 0.15) is 24.9 Å². The highest BCUT2D eigenvalue weighted by Gasteiger charge is 2.22. The van der Waals surface area contributed by atoms with Crippen LogP contribution in [0.4, 0.5) is 0 Å². The van der Waals surface area contributed by atoms with Crippen LogP contribution in [0.15, 0.2) is 44.8 Å². The lowest BCUT2D eigenvalue weighted by atomic mass is 10.0. The number of primary sulfonamides is 1. The highest BCUT2D eigenvalue weighted by molar-refractivity contribution is 7.95. The first-order valence-electron chi connectivity index (χ1n) is 7.90. The summed E-state index contributed by atoms with van der Waals surface area (Å²) >= 11 is 0.675. The van der Waals surface area contributed by atoms with Crippen molar-refractivity contribution in [1.82, 2.24) is 5.32 Å². The standard InChI is InChI=1S/C16H22N2O5S3/c1-3-18-14(12-4-6-13(23-2)7-5-12)10-11-25(19,20)15-8-9-16(24-15)26(17,21)22/h4-9,14,18H,3,10-11H2,1-2H3,(H2,17,21,22). The van der Waals surface area contributed by atoms with Crippen LogP contribution in [0, 0.1) is 0 Å². The van der Waals surface area contributed by atoms with Crippen LogP contribution in [0.5, 0.6) is 5.75 Å². The second-order valence-corrected chi connectivity index (χ2v) is 10.8. The highest BCUT2D eigenvalue weighted by atomic mass is 32.3. The first-order chi connectivity index (χ1) is 12.2. The van der Waals surface area contributed by atoms with Crippen molar-refractivity contribution in [1.29, 1.82) is 0 Å². The van der Waals surface area contributed by atoms with Crippen molar-refractivity contribution in [2.75, 3.05) is 19.4 Å². The SMILES string of the molecule is CCNC(CCS(=O)(=O)c1ccc(S(N)(=O)=O)s1)c1ccc(OC)cc1. The second kappa shape index (κ2) is 8.49. The maximum absolute atomic E-state index is 12.5. The molecule has 0 saturated carbocycles. The summed E-state index contributed by atoms with van der Waals surface area (Å²) < 4.78 is 52.7. The molecule has 1 heterocycles. The summed E-state index contributed by atoms with van der Waals surface area (Å²) in [5.74, 6) is 0.618. The number of rotatable bonds is 9. The minimum Gasteiger partial charge on any atom is -0.497 e. The van der Waals surface area contributed by atoms with Gasteiger partial charge in [0.05, 0.1) is 12.9 Å². The van der Waals surface area contributed by atoms with Crippen LogP contribution < -0.4 is 15.2 Å². The lowest BCUT2D eigenvalue weighted by molar-refractivity contribution is 0.414. The second-order valence-electron chi connectivity index (χ2n) is 5.61. The Morgan fingerprint density at radius 3 is 2.19 bits per heavy atom. The first kappa shape index (κ1) is 20.8. The van der Waals surface area contributed by atoms with Crippen LogP contribution >= 0.6 is 11.3 Å². The summed E-state index contributed by atoms with van der Waals surface area (Å²) in [6.45, 7) is 2.63. The van der Waals surface area contributed by atoms with Crippen LogP contribution in [0.25, 0.3) is 0 Å². The van der Waals surface area contributed by atoms with Gasteiger partial charge in [-0.25, -0.2) is 22.0 Å². The number of sulfonamides is 1. The van der Waals surface area contributed by atoms with Gasteiger partial charge in [-0.15, -0.1) is 11.3 Å². The van der Waals surface area contributed by atoms with Crippen LogP contribution in [0.2, 0.25) is 0 Å². The van der Waals surface area contributed by atoms with E-state index in [2.05, 4.69) is 5.32 Å². The van der Waals surface area contributed by atoms with E-state index in [4.69, 9.17) is 9.88 Å². The van der Waals surface area contributed by atoms with Gasteiger partial charge in [0.25, 0.3) is 0 Å². The number of benzene rings is 1. The highest BCUT2D eigenvalue weighted by Crippen LogP contribution is 2.28. The smallest absolute Gasteiger partial charge is 0.247 e.